The van der Waals surface area contributed by atoms with Gasteiger partial charge in [0.15, 0.2) is 0 Å². The number of benzene rings is 1. The molecule has 2 rings (SSSR count). The first-order chi connectivity index (χ1) is 11.5. The van der Waals surface area contributed by atoms with Crippen LogP contribution in [0.4, 0.5) is 0 Å². The summed E-state index contributed by atoms with van der Waals surface area (Å²) < 4.78 is 6.62. The van der Waals surface area contributed by atoms with Gasteiger partial charge in [0.2, 0.25) is 0 Å². The summed E-state index contributed by atoms with van der Waals surface area (Å²) in [7, 11) is 3.28. The first-order valence-electron chi connectivity index (χ1n) is 8.16. The molecular weight excluding hydrogens is 304 g/mol. The molecule has 128 valence electrons. The average molecular weight is 328 g/mol. The number of carbonyl (C=O) groups excluding carboxylic acids is 1. The highest BCUT2D eigenvalue weighted by Crippen LogP contribution is 2.22. The highest BCUT2D eigenvalue weighted by Gasteiger charge is 2.16. The topological polar surface area (TPSA) is 60.3 Å². The summed E-state index contributed by atoms with van der Waals surface area (Å²) in [6.45, 7) is 2.12. The van der Waals surface area contributed by atoms with Gasteiger partial charge in [0, 0.05) is 24.9 Å². The van der Waals surface area contributed by atoms with Crippen LogP contribution in [0.1, 0.15) is 48.1 Å². The van der Waals surface area contributed by atoms with E-state index in [9.17, 15) is 9.59 Å². The number of hydrogen-bond acceptors (Lipinski definition) is 3. The van der Waals surface area contributed by atoms with Gasteiger partial charge in [-0.25, -0.2) is 0 Å². The Morgan fingerprint density at radius 2 is 1.96 bits per heavy atom. The number of amides is 1. The van der Waals surface area contributed by atoms with Crippen molar-refractivity contribution < 1.29 is 9.53 Å². The van der Waals surface area contributed by atoms with Gasteiger partial charge in [-0.15, -0.1) is 0 Å². The van der Waals surface area contributed by atoms with Crippen LogP contribution in [0.2, 0.25) is 0 Å². The van der Waals surface area contributed by atoms with Gasteiger partial charge in [0.1, 0.15) is 5.75 Å². The number of hydrogen-bond donors (Lipinski definition) is 1. The maximum atomic E-state index is 12.5. The molecule has 0 saturated carbocycles. The molecule has 0 spiro atoms. The third-order valence-corrected chi connectivity index (χ3v) is 4.04. The Morgan fingerprint density at radius 1 is 1.25 bits per heavy atom. The van der Waals surface area contributed by atoms with E-state index in [1.807, 2.05) is 24.3 Å². The molecule has 1 unspecified atom stereocenters. The zero-order chi connectivity index (χ0) is 17.5. The van der Waals surface area contributed by atoms with E-state index in [-0.39, 0.29) is 17.5 Å². The third kappa shape index (κ3) is 4.47. The molecule has 0 saturated heterocycles. The molecule has 0 bridgehead atoms. The molecular formula is C19H24N2O3. The number of methoxy groups -OCH3 is 1. The minimum absolute atomic E-state index is 0.0904. The summed E-state index contributed by atoms with van der Waals surface area (Å²) in [5.41, 5.74) is 1.21. The van der Waals surface area contributed by atoms with Gasteiger partial charge in [-0.2, -0.15) is 0 Å². The highest BCUT2D eigenvalue weighted by molar-refractivity contribution is 5.94. The molecule has 1 atom stereocenters. The molecule has 2 aromatic rings. The summed E-state index contributed by atoms with van der Waals surface area (Å²) in [5.74, 6) is 0.551. The van der Waals surface area contributed by atoms with Crippen molar-refractivity contribution in [2.45, 2.75) is 32.2 Å². The monoisotopic (exact) mass is 328 g/mol. The number of pyridine rings is 1. The second-order valence-corrected chi connectivity index (χ2v) is 5.81. The van der Waals surface area contributed by atoms with Gasteiger partial charge >= 0.3 is 0 Å². The van der Waals surface area contributed by atoms with Crippen molar-refractivity contribution in [3.05, 3.63) is 64.1 Å². The SMILES string of the molecule is CCCCC(NC(=O)c1ccn(C)c(=O)c1)c1ccc(OC)cc1. The predicted molar refractivity (Wildman–Crippen MR) is 94.4 cm³/mol. The number of unbranched alkanes of at least 4 members (excludes halogenated alkanes) is 1. The van der Waals surface area contributed by atoms with Crippen LogP contribution < -0.4 is 15.6 Å². The van der Waals surface area contributed by atoms with Crippen LogP contribution in [0.25, 0.3) is 0 Å². The molecule has 0 fully saturated rings. The zero-order valence-electron chi connectivity index (χ0n) is 14.4. The fourth-order valence-corrected chi connectivity index (χ4v) is 2.50. The second kappa shape index (κ2) is 8.34. The normalized spacial score (nSPS) is 11.8. The standard InChI is InChI=1S/C19H24N2O3/c1-4-5-6-17(14-7-9-16(24-3)10-8-14)20-19(23)15-11-12-21(2)18(22)13-15/h7-13,17H,4-6H2,1-3H3,(H,20,23). The molecule has 1 aromatic carbocycles. The average Bonchev–Trinajstić information content (AvgIpc) is 2.60. The van der Waals surface area contributed by atoms with Gasteiger partial charge in [0.25, 0.3) is 11.5 Å². The number of ether oxygens (including phenoxy) is 1. The molecule has 0 radical (unpaired) electrons. The van der Waals surface area contributed by atoms with Crippen LogP contribution in [0.5, 0.6) is 5.75 Å². The molecule has 1 heterocycles. The zero-order valence-corrected chi connectivity index (χ0v) is 14.4. The lowest BCUT2D eigenvalue weighted by Gasteiger charge is -2.19. The Hall–Kier alpha value is -2.56. The Kier molecular flexibility index (Phi) is 6.18. The van der Waals surface area contributed by atoms with Gasteiger partial charge in [-0.3, -0.25) is 9.59 Å². The maximum absolute atomic E-state index is 12.5. The van der Waals surface area contributed by atoms with E-state index in [0.717, 1.165) is 30.6 Å². The van der Waals surface area contributed by atoms with Crippen LogP contribution in [-0.4, -0.2) is 17.6 Å². The lowest BCUT2D eigenvalue weighted by Crippen LogP contribution is -2.30. The van der Waals surface area contributed by atoms with Crippen molar-refractivity contribution >= 4 is 5.91 Å². The minimum atomic E-state index is -0.232. The lowest BCUT2D eigenvalue weighted by molar-refractivity contribution is 0.0934. The first kappa shape index (κ1) is 17.8. The van der Waals surface area contributed by atoms with E-state index in [1.54, 1.807) is 26.4 Å². The number of aryl methyl sites for hydroxylation is 1. The fourth-order valence-electron chi connectivity index (χ4n) is 2.50. The van der Waals surface area contributed by atoms with Crippen LogP contribution in [-0.2, 0) is 7.05 Å². The predicted octanol–water partition coefficient (Wildman–Crippen LogP) is 3.06. The summed E-state index contributed by atoms with van der Waals surface area (Å²) in [4.78, 5) is 24.2. The molecule has 5 nitrogen and oxygen atoms in total. The van der Waals surface area contributed by atoms with Gasteiger partial charge in [-0.1, -0.05) is 31.9 Å². The molecule has 5 heteroatoms. The summed E-state index contributed by atoms with van der Waals surface area (Å²) in [5, 5.41) is 3.04. The summed E-state index contributed by atoms with van der Waals surface area (Å²) in [6, 6.07) is 10.6. The van der Waals surface area contributed by atoms with Gasteiger partial charge < -0.3 is 14.6 Å². The molecule has 1 amide bonds. The highest BCUT2D eigenvalue weighted by atomic mass is 16.5. The largest absolute Gasteiger partial charge is 0.497 e. The number of carbonyl (C=O) groups is 1. The number of aromatic nitrogens is 1. The van der Waals surface area contributed by atoms with Crippen molar-refractivity contribution in [1.29, 1.82) is 0 Å². The number of nitrogens with one attached hydrogen (secondary N) is 1. The third-order valence-electron chi connectivity index (χ3n) is 4.04. The van der Waals surface area contributed by atoms with E-state index in [4.69, 9.17) is 4.74 Å². The quantitative estimate of drug-likeness (QED) is 0.850. The van der Waals surface area contributed by atoms with Gasteiger partial charge in [0.05, 0.1) is 13.2 Å². The molecule has 1 aromatic heterocycles. The lowest BCUT2D eigenvalue weighted by atomic mass is 10.0. The Labute approximate surface area is 142 Å². The molecule has 0 aliphatic rings. The van der Waals surface area contributed by atoms with Crippen molar-refractivity contribution in [3.63, 3.8) is 0 Å². The second-order valence-electron chi connectivity index (χ2n) is 5.81. The van der Waals surface area contributed by atoms with Crippen LogP contribution in [0, 0.1) is 0 Å². The van der Waals surface area contributed by atoms with E-state index < -0.39 is 0 Å². The molecule has 0 aliphatic carbocycles. The molecule has 0 aliphatic heterocycles. The van der Waals surface area contributed by atoms with E-state index >= 15 is 0 Å². The van der Waals surface area contributed by atoms with Crippen LogP contribution in [0.3, 0.4) is 0 Å². The minimum Gasteiger partial charge on any atom is -0.497 e. The maximum Gasteiger partial charge on any atom is 0.252 e. The first-order valence-corrected chi connectivity index (χ1v) is 8.16. The molecule has 24 heavy (non-hydrogen) atoms. The summed E-state index contributed by atoms with van der Waals surface area (Å²) in [6.07, 6.45) is 4.51. The van der Waals surface area contributed by atoms with Crippen molar-refractivity contribution in [2.75, 3.05) is 7.11 Å². The number of nitrogens with zero attached hydrogens (tertiary/aromatic N) is 1. The van der Waals surface area contributed by atoms with E-state index in [0.29, 0.717) is 5.56 Å². The summed E-state index contributed by atoms with van der Waals surface area (Å²) >= 11 is 0. The Morgan fingerprint density at radius 3 is 2.54 bits per heavy atom. The molecule has 1 N–H and O–H groups in total. The van der Waals surface area contributed by atoms with Crippen LogP contribution in [0.15, 0.2) is 47.4 Å². The Bertz CT molecular complexity index is 735. The Balaban J connectivity index is 2.18. The van der Waals surface area contributed by atoms with Crippen LogP contribution >= 0.6 is 0 Å². The number of rotatable bonds is 7. The van der Waals surface area contributed by atoms with Crippen molar-refractivity contribution in [2.24, 2.45) is 7.05 Å². The van der Waals surface area contributed by atoms with E-state index in [2.05, 4.69) is 12.2 Å². The van der Waals surface area contributed by atoms with Crippen molar-refractivity contribution in [1.82, 2.24) is 9.88 Å². The fraction of sp³-hybridized carbons (Fsp3) is 0.368. The van der Waals surface area contributed by atoms with Gasteiger partial charge in [-0.05, 0) is 30.2 Å². The van der Waals surface area contributed by atoms with E-state index in [1.165, 1.54) is 10.6 Å². The van der Waals surface area contributed by atoms with Crippen molar-refractivity contribution in [3.8, 4) is 5.75 Å². The smallest absolute Gasteiger partial charge is 0.252 e.